The Labute approximate surface area is 247 Å². The molecule has 0 N–H and O–H groups in total. The lowest BCUT2D eigenvalue weighted by atomic mass is 10.1. The predicted octanol–water partition coefficient (Wildman–Crippen LogP) is 4.92. The molecule has 1 aromatic heterocycles. The maximum atomic E-state index is 13.5. The quantitative estimate of drug-likeness (QED) is 0.217. The molecule has 1 amide bonds. The Morgan fingerprint density at radius 1 is 1.02 bits per heavy atom. The van der Waals surface area contributed by atoms with Crippen molar-refractivity contribution < 1.29 is 22.7 Å². The topological polar surface area (TPSA) is 94.0 Å². The van der Waals surface area contributed by atoms with Crippen LogP contribution in [-0.4, -0.2) is 58.5 Å². The van der Waals surface area contributed by atoms with Crippen molar-refractivity contribution >= 4 is 50.3 Å². The summed E-state index contributed by atoms with van der Waals surface area (Å²) in [5.74, 6) is 1.09. The zero-order chi connectivity index (χ0) is 28.7. The summed E-state index contributed by atoms with van der Waals surface area (Å²) in [6, 6.07) is 21.7. The number of carbonyl (C=O) groups is 1. The van der Waals surface area contributed by atoms with E-state index in [9.17, 15) is 13.2 Å². The van der Waals surface area contributed by atoms with Gasteiger partial charge in [0.1, 0.15) is 10.0 Å². The zero-order valence-corrected chi connectivity index (χ0v) is 24.5. The zero-order valence-electron chi connectivity index (χ0n) is 22.1. The Bertz CT molecular complexity index is 1820. The predicted molar refractivity (Wildman–Crippen MR) is 161 cm³/mol. The highest BCUT2D eigenvalue weighted by atomic mass is 32.2. The molecule has 208 valence electrons. The summed E-state index contributed by atoms with van der Waals surface area (Å²) in [6.45, 7) is 0.463. The molecular weight excluding hydrogens is 581 g/mol. The van der Waals surface area contributed by atoms with Gasteiger partial charge in [0.2, 0.25) is 16.8 Å². The summed E-state index contributed by atoms with van der Waals surface area (Å²) in [5, 5.41) is 4.80. The van der Waals surface area contributed by atoms with Gasteiger partial charge in [-0.05, 0) is 48.0 Å². The Balaban J connectivity index is 1.37. The molecule has 0 saturated carbocycles. The van der Waals surface area contributed by atoms with Crippen molar-refractivity contribution in [2.24, 2.45) is 0 Å². The van der Waals surface area contributed by atoms with E-state index in [1.54, 1.807) is 39.9 Å². The molecule has 12 heteroatoms. The lowest BCUT2D eigenvalue weighted by Crippen LogP contribution is -2.27. The molecule has 0 radical (unpaired) electrons. The number of nitrogens with zero attached hydrogens (tertiary/aromatic N) is 4. The van der Waals surface area contributed by atoms with E-state index in [1.165, 1.54) is 30.2 Å². The Hall–Kier alpha value is -3.97. The molecule has 4 aromatic rings. The second-order valence-electron chi connectivity index (χ2n) is 9.48. The first kappa shape index (κ1) is 27.2. The number of ether oxygens (including phenoxy) is 2. The number of hydrogen-bond acceptors (Lipinski definition) is 8. The van der Waals surface area contributed by atoms with E-state index in [1.807, 2.05) is 54.7 Å². The first-order chi connectivity index (χ1) is 19.7. The molecule has 9 nitrogen and oxygen atoms in total. The molecule has 2 aliphatic heterocycles. The van der Waals surface area contributed by atoms with Crippen LogP contribution in [0.5, 0.6) is 11.5 Å². The van der Waals surface area contributed by atoms with Crippen LogP contribution in [0.15, 0.2) is 88.8 Å². The molecule has 6 rings (SSSR count). The summed E-state index contributed by atoms with van der Waals surface area (Å²) in [4.78, 5) is 15.7. The van der Waals surface area contributed by atoms with E-state index in [4.69, 9.17) is 26.8 Å². The normalized spacial score (nSPS) is 15.9. The number of aromatic nitrogens is 2. The molecule has 0 aliphatic carbocycles. The second-order valence-corrected chi connectivity index (χ2v) is 13.3. The fourth-order valence-electron chi connectivity index (χ4n) is 4.44. The highest BCUT2D eigenvalue weighted by molar-refractivity contribution is 8.26. The smallest absolute Gasteiger partial charge is 0.266 e. The SMILES string of the molecule is CN(C)S(=O)(=O)c1cccc(-c2nn(-c3ccccc3)cc2C=C2SC(=S)N(Cc3ccc4c(c3)OCO4)C2=O)c1. The molecule has 1 saturated heterocycles. The molecule has 0 atom stereocenters. The van der Waals surface area contributed by atoms with Crippen LogP contribution in [0, 0.1) is 0 Å². The van der Waals surface area contributed by atoms with Gasteiger partial charge in [0.05, 0.1) is 22.0 Å². The Kier molecular flexibility index (Phi) is 7.16. The van der Waals surface area contributed by atoms with Crippen molar-refractivity contribution in [1.29, 1.82) is 0 Å². The van der Waals surface area contributed by atoms with Crippen LogP contribution in [-0.2, 0) is 21.4 Å². The maximum Gasteiger partial charge on any atom is 0.266 e. The van der Waals surface area contributed by atoms with Crippen molar-refractivity contribution in [1.82, 2.24) is 19.0 Å². The third-order valence-corrected chi connectivity index (χ3v) is 9.78. The van der Waals surface area contributed by atoms with Crippen LogP contribution in [0.2, 0.25) is 0 Å². The molecule has 0 bridgehead atoms. The number of rotatable bonds is 7. The minimum atomic E-state index is -3.66. The number of fused-ring (bicyclic) bond motifs is 1. The average Bonchev–Trinajstić information content (AvgIpc) is 3.68. The van der Waals surface area contributed by atoms with Gasteiger partial charge in [-0.1, -0.05) is 60.4 Å². The second kappa shape index (κ2) is 10.8. The van der Waals surface area contributed by atoms with Gasteiger partial charge in [0, 0.05) is 31.4 Å². The highest BCUT2D eigenvalue weighted by Gasteiger charge is 2.33. The molecule has 0 unspecified atom stereocenters. The lowest BCUT2D eigenvalue weighted by molar-refractivity contribution is -0.122. The Morgan fingerprint density at radius 2 is 1.80 bits per heavy atom. The van der Waals surface area contributed by atoms with E-state index >= 15 is 0 Å². The molecular formula is C29H24N4O5S3. The van der Waals surface area contributed by atoms with Gasteiger partial charge in [-0.25, -0.2) is 17.4 Å². The number of carbonyl (C=O) groups excluding carboxylic acids is 1. The number of thioether (sulfide) groups is 1. The van der Waals surface area contributed by atoms with Crippen LogP contribution in [0.4, 0.5) is 0 Å². The summed E-state index contributed by atoms with van der Waals surface area (Å²) in [5.41, 5.74) is 3.47. The van der Waals surface area contributed by atoms with Gasteiger partial charge in [0.25, 0.3) is 5.91 Å². The van der Waals surface area contributed by atoms with E-state index < -0.39 is 10.0 Å². The minimum absolute atomic E-state index is 0.148. The summed E-state index contributed by atoms with van der Waals surface area (Å²) < 4.78 is 39.8. The molecule has 3 heterocycles. The van der Waals surface area contributed by atoms with Crippen molar-refractivity contribution in [3.05, 3.63) is 95.0 Å². The first-order valence-electron chi connectivity index (χ1n) is 12.5. The Morgan fingerprint density at radius 3 is 2.59 bits per heavy atom. The van der Waals surface area contributed by atoms with Gasteiger partial charge in [-0.3, -0.25) is 9.69 Å². The number of hydrogen-bond donors (Lipinski definition) is 0. The van der Waals surface area contributed by atoms with Crippen molar-refractivity contribution in [2.45, 2.75) is 11.4 Å². The fraction of sp³-hybridized carbons (Fsp3) is 0.138. The number of benzene rings is 3. The van der Waals surface area contributed by atoms with Gasteiger partial charge in [-0.2, -0.15) is 5.10 Å². The minimum Gasteiger partial charge on any atom is -0.454 e. The van der Waals surface area contributed by atoms with Crippen LogP contribution in [0.1, 0.15) is 11.1 Å². The molecule has 41 heavy (non-hydrogen) atoms. The number of sulfonamides is 1. The number of thiocarbonyl (C=S) groups is 1. The molecule has 2 aliphatic rings. The summed E-state index contributed by atoms with van der Waals surface area (Å²) in [6.07, 6.45) is 3.58. The van der Waals surface area contributed by atoms with E-state index in [0.717, 1.165) is 11.3 Å². The highest BCUT2D eigenvalue weighted by Crippen LogP contribution is 2.38. The fourth-order valence-corrected chi connectivity index (χ4v) is 6.64. The van der Waals surface area contributed by atoms with E-state index in [0.29, 0.717) is 44.1 Å². The third-order valence-electron chi connectivity index (χ3n) is 6.59. The van der Waals surface area contributed by atoms with Crippen LogP contribution in [0.25, 0.3) is 23.0 Å². The lowest BCUT2D eigenvalue weighted by Gasteiger charge is -2.14. The van der Waals surface area contributed by atoms with Crippen molar-refractivity contribution in [2.75, 3.05) is 20.9 Å². The summed E-state index contributed by atoms with van der Waals surface area (Å²) in [7, 11) is -0.682. The van der Waals surface area contributed by atoms with E-state index in [-0.39, 0.29) is 17.6 Å². The monoisotopic (exact) mass is 604 g/mol. The van der Waals surface area contributed by atoms with Crippen LogP contribution >= 0.6 is 24.0 Å². The molecule has 1 fully saturated rings. The van der Waals surface area contributed by atoms with Gasteiger partial charge in [-0.15, -0.1) is 0 Å². The summed E-state index contributed by atoms with van der Waals surface area (Å²) >= 11 is 6.79. The first-order valence-corrected chi connectivity index (χ1v) is 15.2. The van der Waals surface area contributed by atoms with Gasteiger partial charge < -0.3 is 9.47 Å². The average molecular weight is 605 g/mol. The van der Waals surface area contributed by atoms with E-state index in [2.05, 4.69) is 0 Å². The third kappa shape index (κ3) is 5.26. The molecule has 3 aromatic carbocycles. The maximum absolute atomic E-state index is 13.5. The van der Waals surface area contributed by atoms with Gasteiger partial charge in [0.15, 0.2) is 11.5 Å². The van der Waals surface area contributed by atoms with Gasteiger partial charge >= 0.3 is 0 Å². The van der Waals surface area contributed by atoms with Crippen LogP contribution in [0.3, 0.4) is 0 Å². The van der Waals surface area contributed by atoms with Crippen molar-refractivity contribution in [3.8, 4) is 28.4 Å². The largest absolute Gasteiger partial charge is 0.454 e. The number of amides is 1. The standard InChI is InChI=1S/C29H24N4O5S3/c1-31(2)41(35,36)23-10-6-7-20(14-23)27-21(17-33(30-27)22-8-4-3-5-9-22)15-26-28(34)32(29(39)40-26)16-19-11-12-24-25(13-19)38-18-37-24/h3-15,17H,16,18H2,1-2H3. The van der Waals surface area contributed by atoms with Crippen LogP contribution < -0.4 is 9.47 Å². The van der Waals surface area contributed by atoms with Crippen molar-refractivity contribution in [3.63, 3.8) is 0 Å². The number of para-hydroxylation sites is 1. The molecule has 0 spiro atoms.